The lowest BCUT2D eigenvalue weighted by atomic mass is 9.93. The molecule has 0 heterocycles. The molecule has 124 valence electrons. The highest BCUT2D eigenvalue weighted by molar-refractivity contribution is 7.98. The Morgan fingerprint density at radius 2 is 1.86 bits per heavy atom. The average Bonchev–Trinajstić information content (AvgIpc) is 2.42. The van der Waals surface area contributed by atoms with Gasteiger partial charge in [-0.3, -0.25) is 4.79 Å². The topological polar surface area (TPSA) is 32.3 Å². The van der Waals surface area contributed by atoms with E-state index in [2.05, 4.69) is 36.2 Å². The predicted molar refractivity (Wildman–Crippen MR) is 99.8 cm³/mol. The van der Waals surface area contributed by atoms with E-state index < -0.39 is 0 Å². The summed E-state index contributed by atoms with van der Waals surface area (Å²) in [7, 11) is 4.09. The minimum absolute atomic E-state index is 0. The van der Waals surface area contributed by atoms with Gasteiger partial charge in [-0.05, 0) is 49.5 Å². The first kappa shape index (κ1) is 21.0. The van der Waals surface area contributed by atoms with Gasteiger partial charge in [0.2, 0.25) is 5.91 Å². The summed E-state index contributed by atoms with van der Waals surface area (Å²) < 4.78 is 0. The number of halogens is 1. The van der Waals surface area contributed by atoms with Gasteiger partial charge in [-0.2, -0.15) is 0 Å². The molecule has 1 amide bonds. The minimum atomic E-state index is -0.0456. The molecule has 0 radical (unpaired) electrons. The third-order valence-electron chi connectivity index (χ3n) is 3.03. The van der Waals surface area contributed by atoms with Crippen molar-refractivity contribution in [2.75, 3.05) is 33.4 Å². The number of rotatable bonds is 7. The van der Waals surface area contributed by atoms with Crippen LogP contribution in [0, 0.1) is 5.41 Å². The fourth-order valence-electron chi connectivity index (χ4n) is 2.18. The lowest BCUT2D eigenvalue weighted by Crippen LogP contribution is -2.39. The summed E-state index contributed by atoms with van der Waals surface area (Å²) in [5.74, 6) is -0.0456. The van der Waals surface area contributed by atoms with Crippen molar-refractivity contribution in [2.45, 2.75) is 18.7 Å². The van der Waals surface area contributed by atoms with Gasteiger partial charge in [0.15, 0.2) is 0 Å². The first-order chi connectivity index (χ1) is 9.82. The molecule has 0 atom stereocenters. The van der Waals surface area contributed by atoms with Gasteiger partial charge in [0.05, 0.1) is 0 Å². The highest BCUT2D eigenvalue weighted by Gasteiger charge is 2.19. The van der Waals surface area contributed by atoms with Crippen molar-refractivity contribution in [1.29, 1.82) is 0 Å². The van der Waals surface area contributed by atoms with E-state index in [9.17, 15) is 4.79 Å². The van der Waals surface area contributed by atoms with Gasteiger partial charge in [0.1, 0.15) is 0 Å². The average molecular weight is 343 g/mol. The van der Waals surface area contributed by atoms with Gasteiger partial charge in [-0.1, -0.05) is 26.0 Å². The van der Waals surface area contributed by atoms with Crippen molar-refractivity contribution in [2.24, 2.45) is 5.41 Å². The summed E-state index contributed by atoms with van der Waals surface area (Å²) in [6, 6.07) is 8.15. The summed E-state index contributed by atoms with van der Waals surface area (Å²) in [4.78, 5) is 15.2. The van der Waals surface area contributed by atoms with Crippen molar-refractivity contribution in [3.8, 4) is 0 Å². The van der Waals surface area contributed by atoms with Gasteiger partial charge < -0.3 is 10.2 Å². The van der Waals surface area contributed by atoms with E-state index in [4.69, 9.17) is 0 Å². The Hall–Kier alpha value is -0.970. The smallest absolute Gasteiger partial charge is 0.244 e. The SMILES string of the molecule is CSc1ccc(/C=C/C(=O)NCC(C)(C)CN(C)C)cc1.Cl. The number of benzene rings is 1. The van der Waals surface area contributed by atoms with Crippen LogP contribution in [0.1, 0.15) is 19.4 Å². The fourth-order valence-corrected chi connectivity index (χ4v) is 2.59. The summed E-state index contributed by atoms with van der Waals surface area (Å²) in [5.41, 5.74) is 1.10. The number of nitrogens with zero attached hydrogens (tertiary/aromatic N) is 1. The molecule has 0 bridgehead atoms. The van der Waals surface area contributed by atoms with E-state index in [1.807, 2.05) is 38.6 Å². The van der Waals surface area contributed by atoms with Crippen LogP contribution in [-0.4, -0.2) is 44.2 Å². The van der Waals surface area contributed by atoms with Crippen molar-refractivity contribution in [3.63, 3.8) is 0 Å². The zero-order valence-corrected chi connectivity index (χ0v) is 15.7. The van der Waals surface area contributed by atoms with Crippen molar-refractivity contribution in [3.05, 3.63) is 35.9 Å². The Labute approximate surface area is 145 Å². The Morgan fingerprint density at radius 3 is 2.36 bits per heavy atom. The van der Waals surface area contributed by atoms with Crippen LogP contribution < -0.4 is 5.32 Å². The van der Waals surface area contributed by atoms with Gasteiger partial charge in [0, 0.05) is 24.1 Å². The molecule has 0 saturated heterocycles. The van der Waals surface area contributed by atoms with Crippen LogP contribution >= 0.6 is 24.2 Å². The molecule has 3 nitrogen and oxygen atoms in total. The highest BCUT2D eigenvalue weighted by Crippen LogP contribution is 2.16. The number of carbonyl (C=O) groups excluding carboxylic acids is 1. The third kappa shape index (κ3) is 8.47. The molecular formula is C17H27ClN2OS. The summed E-state index contributed by atoms with van der Waals surface area (Å²) in [6.45, 7) is 5.91. The fraction of sp³-hybridized carbons (Fsp3) is 0.471. The zero-order chi connectivity index (χ0) is 15.9. The molecule has 0 spiro atoms. The molecule has 22 heavy (non-hydrogen) atoms. The van der Waals surface area contributed by atoms with Crippen LogP contribution in [0.4, 0.5) is 0 Å². The maximum Gasteiger partial charge on any atom is 0.244 e. The van der Waals surface area contributed by atoms with Gasteiger partial charge in [0.25, 0.3) is 0 Å². The Balaban J connectivity index is 0.00000441. The number of amides is 1. The molecule has 0 fully saturated rings. The van der Waals surface area contributed by atoms with Gasteiger partial charge in [-0.25, -0.2) is 0 Å². The molecule has 0 aliphatic carbocycles. The molecule has 1 rings (SSSR count). The highest BCUT2D eigenvalue weighted by atomic mass is 35.5. The predicted octanol–water partition coefficient (Wildman–Crippen LogP) is 3.55. The maximum absolute atomic E-state index is 11.9. The second-order valence-corrected chi connectivity index (χ2v) is 7.11. The van der Waals surface area contributed by atoms with E-state index in [0.29, 0.717) is 6.54 Å². The third-order valence-corrected chi connectivity index (χ3v) is 3.77. The summed E-state index contributed by atoms with van der Waals surface area (Å²) in [6.07, 6.45) is 5.49. The van der Waals surface area contributed by atoms with Gasteiger partial charge >= 0.3 is 0 Å². The lowest BCUT2D eigenvalue weighted by Gasteiger charge is -2.28. The Morgan fingerprint density at radius 1 is 1.27 bits per heavy atom. The monoisotopic (exact) mass is 342 g/mol. The van der Waals surface area contributed by atoms with Crippen molar-refractivity contribution >= 4 is 36.2 Å². The Bertz CT molecular complexity index is 484. The van der Waals surface area contributed by atoms with Crippen LogP contribution in [0.2, 0.25) is 0 Å². The second-order valence-electron chi connectivity index (χ2n) is 6.23. The number of carbonyl (C=O) groups is 1. The molecule has 1 aromatic rings. The first-order valence-electron chi connectivity index (χ1n) is 7.07. The summed E-state index contributed by atoms with van der Waals surface area (Å²) >= 11 is 1.71. The molecule has 1 N–H and O–H groups in total. The number of nitrogens with one attached hydrogen (secondary N) is 1. The van der Waals surface area contributed by atoms with Crippen molar-refractivity contribution < 1.29 is 4.79 Å². The quantitative estimate of drug-likeness (QED) is 0.607. The minimum Gasteiger partial charge on any atom is -0.352 e. The standard InChI is InChI=1S/C17H26N2OS.ClH/c1-17(2,13-19(3)4)12-18-16(20)11-8-14-6-9-15(21-5)10-7-14;/h6-11H,12-13H2,1-5H3,(H,18,20);1H/b11-8+;. The van der Waals surface area contributed by atoms with Crippen LogP contribution in [0.15, 0.2) is 35.2 Å². The first-order valence-corrected chi connectivity index (χ1v) is 8.29. The normalized spacial score (nSPS) is 11.5. The van der Waals surface area contributed by atoms with Crippen LogP contribution in [0.25, 0.3) is 6.08 Å². The van der Waals surface area contributed by atoms with Crippen LogP contribution in [-0.2, 0) is 4.79 Å². The van der Waals surface area contributed by atoms with E-state index in [1.54, 1.807) is 17.8 Å². The second kappa shape index (κ2) is 9.93. The van der Waals surface area contributed by atoms with E-state index in [0.717, 1.165) is 12.1 Å². The summed E-state index contributed by atoms with van der Waals surface area (Å²) in [5, 5.41) is 2.96. The molecule has 0 aromatic heterocycles. The number of hydrogen-bond donors (Lipinski definition) is 1. The number of thioether (sulfide) groups is 1. The lowest BCUT2D eigenvalue weighted by molar-refractivity contribution is -0.116. The van der Waals surface area contributed by atoms with Crippen LogP contribution in [0.5, 0.6) is 0 Å². The molecular weight excluding hydrogens is 316 g/mol. The Kier molecular flexibility index (Phi) is 9.49. The van der Waals surface area contributed by atoms with E-state index in [-0.39, 0.29) is 23.7 Å². The largest absolute Gasteiger partial charge is 0.352 e. The molecule has 0 saturated carbocycles. The molecule has 1 aromatic carbocycles. The van der Waals surface area contributed by atoms with Gasteiger partial charge in [-0.15, -0.1) is 24.2 Å². The van der Waals surface area contributed by atoms with Crippen LogP contribution in [0.3, 0.4) is 0 Å². The van der Waals surface area contributed by atoms with E-state index >= 15 is 0 Å². The zero-order valence-electron chi connectivity index (χ0n) is 14.1. The van der Waals surface area contributed by atoms with Crippen molar-refractivity contribution in [1.82, 2.24) is 10.2 Å². The molecule has 0 unspecified atom stereocenters. The molecule has 0 aliphatic heterocycles. The van der Waals surface area contributed by atoms with E-state index in [1.165, 1.54) is 4.90 Å². The molecule has 0 aliphatic rings. The maximum atomic E-state index is 11.9. The number of hydrogen-bond acceptors (Lipinski definition) is 3. The molecule has 5 heteroatoms.